The van der Waals surface area contributed by atoms with Gasteiger partial charge < -0.3 is 65.0 Å². The Labute approximate surface area is 584 Å². The molecule has 1 unspecified atom stereocenters. The van der Waals surface area contributed by atoms with Gasteiger partial charge in [0.1, 0.15) is 0 Å². The van der Waals surface area contributed by atoms with Crippen LogP contribution in [0.15, 0.2) is 148 Å². The van der Waals surface area contributed by atoms with Crippen molar-refractivity contribution in [2.45, 2.75) is 53.9 Å². The molecule has 9 aromatic rings. The van der Waals surface area contributed by atoms with Crippen LogP contribution in [0.1, 0.15) is 31.4 Å². The number of carboxylic acid groups (broad SMARTS) is 3. The number of ether oxygens (including phenoxy) is 1. The van der Waals surface area contributed by atoms with Crippen molar-refractivity contribution in [1.82, 2.24) is 42.9 Å². The number of pyridine rings is 1. The molecule has 101 heavy (non-hydrogen) atoms. The number of aromatic nitrogens is 6. The maximum atomic E-state index is 13.7. The molecule has 0 spiro atoms. The molecular formula is C68H81N15O15S3. The van der Waals surface area contributed by atoms with Gasteiger partial charge in [-0.05, 0) is 128 Å². The van der Waals surface area contributed by atoms with E-state index >= 15 is 0 Å². The summed E-state index contributed by atoms with van der Waals surface area (Å²) in [6.45, 7) is 15.1. The summed E-state index contributed by atoms with van der Waals surface area (Å²) in [6, 6.07) is 35.8. The number of rotatable bonds is 11. The first-order valence-electron chi connectivity index (χ1n) is 32.6. The molecule has 10 heterocycles. The van der Waals surface area contributed by atoms with E-state index in [1.807, 2.05) is 54.6 Å². The fourth-order valence-electron chi connectivity index (χ4n) is 13.2. The van der Waals surface area contributed by atoms with E-state index in [2.05, 4.69) is 57.4 Å². The van der Waals surface area contributed by atoms with E-state index in [4.69, 9.17) is 34.4 Å². The van der Waals surface area contributed by atoms with Crippen LogP contribution in [0.3, 0.4) is 0 Å². The number of likely N-dealkylation sites (N-methyl/N-ethyl adjacent to an activating group) is 1. The van der Waals surface area contributed by atoms with Crippen molar-refractivity contribution in [1.29, 1.82) is 0 Å². The Bertz CT molecular complexity index is 4800. The highest BCUT2D eigenvalue weighted by molar-refractivity contribution is 7.90. The average molecular weight is 1440 g/mol. The van der Waals surface area contributed by atoms with Gasteiger partial charge in [0.05, 0.1) is 37.5 Å². The first kappa shape index (κ1) is 73.7. The van der Waals surface area contributed by atoms with E-state index < -0.39 is 30.1 Å². The van der Waals surface area contributed by atoms with Crippen LogP contribution < -0.4 is 40.0 Å². The molecule has 6 aliphatic rings. The van der Waals surface area contributed by atoms with Gasteiger partial charge in [-0.3, -0.25) is 24.0 Å². The largest absolute Gasteiger partial charge is 0.483 e. The number of anilines is 6. The van der Waals surface area contributed by atoms with Gasteiger partial charge in [0.25, 0.3) is 49.5 Å². The zero-order valence-corrected chi connectivity index (χ0v) is 58.7. The predicted octanol–water partition coefficient (Wildman–Crippen LogP) is 4.54. The van der Waals surface area contributed by atoms with Gasteiger partial charge in [0.15, 0.2) is 17.3 Å². The minimum Gasteiger partial charge on any atom is -0.483 e. The lowest BCUT2D eigenvalue weighted by Gasteiger charge is -2.32. The van der Waals surface area contributed by atoms with Crippen LogP contribution in [0.2, 0.25) is 0 Å². The van der Waals surface area contributed by atoms with Gasteiger partial charge in [0.2, 0.25) is 11.8 Å². The third-order valence-corrected chi connectivity index (χ3v) is 23.0. The maximum Gasteiger partial charge on any atom is 0.290 e. The number of hydrogen-bond donors (Lipinski definition) is 5. The molecule has 30 nitrogen and oxygen atoms in total. The SMILES string of the molecule is CC(=O)N1CCc2cc(S(=O)(=O)n3nc(N4CCN(C)CC4)c4ccccc43)ccc21.CC(=O)N1CCc2cc(S(=O)(=O)n3nc(N4CCNCC4)c4ccccc43)ccc21.COC1CCN(c2cccc(S(=O)(=O)n3cc(N4CCNCC4)c4cccnc43)c2)C1.O=CO.O=CO.O=CO. The highest BCUT2D eigenvalue weighted by Gasteiger charge is 2.33. The lowest BCUT2D eigenvalue weighted by atomic mass is 10.2. The van der Waals surface area contributed by atoms with Gasteiger partial charge >= 0.3 is 0 Å². The van der Waals surface area contributed by atoms with E-state index in [-0.39, 0.29) is 52.0 Å². The molecule has 15 rings (SSSR count). The second-order valence-corrected chi connectivity index (χ2v) is 29.5. The summed E-state index contributed by atoms with van der Waals surface area (Å²) in [5, 5.41) is 39.0. The van der Waals surface area contributed by atoms with E-state index in [9.17, 15) is 34.8 Å². The molecule has 536 valence electrons. The fourth-order valence-corrected chi connectivity index (χ4v) is 17.2. The molecule has 6 aliphatic heterocycles. The van der Waals surface area contributed by atoms with Crippen molar-refractivity contribution in [3.63, 3.8) is 0 Å². The second-order valence-electron chi connectivity index (χ2n) is 24.2. The molecular weight excluding hydrogens is 1360 g/mol. The van der Waals surface area contributed by atoms with Crippen LogP contribution in [0, 0.1) is 0 Å². The third kappa shape index (κ3) is 15.8. The van der Waals surface area contributed by atoms with Crippen LogP contribution in [0.5, 0.6) is 0 Å². The number of carbonyl (C=O) groups excluding carboxylic acids is 2. The van der Waals surface area contributed by atoms with Crippen molar-refractivity contribution in [2.75, 3.05) is 148 Å². The Balaban J connectivity index is 0.000000154. The fraction of sp³-hybridized carbons (Fsp3) is 0.353. The smallest absolute Gasteiger partial charge is 0.290 e. The second kappa shape index (κ2) is 32.5. The Morgan fingerprint density at radius 1 is 0.515 bits per heavy atom. The van der Waals surface area contributed by atoms with E-state index in [1.165, 1.54) is 17.8 Å². The number of piperazine rings is 3. The summed E-state index contributed by atoms with van der Waals surface area (Å²) in [7, 11) is -7.77. The normalized spacial score (nSPS) is 16.8. The first-order chi connectivity index (χ1) is 48.6. The zero-order chi connectivity index (χ0) is 72.2. The maximum absolute atomic E-state index is 13.7. The van der Waals surface area contributed by atoms with Crippen LogP contribution >= 0.6 is 0 Å². The van der Waals surface area contributed by atoms with Crippen molar-refractivity contribution in [3.05, 3.63) is 145 Å². The summed E-state index contributed by atoms with van der Waals surface area (Å²) in [5.41, 5.74) is 6.71. The molecule has 5 N–H and O–H groups in total. The number of methoxy groups -OCH3 is 1. The van der Waals surface area contributed by atoms with Gasteiger partial charge in [0, 0.05) is 171 Å². The number of amides is 2. The van der Waals surface area contributed by atoms with Gasteiger partial charge in [-0.25, -0.2) is 17.4 Å². The van der Waals surface area contributed by atoms with Crippen molar-refractivity contribution < 1.29 is 69.3 Å². The molecule has 0 radical (unpaired) electrons. The molecule has 4 fully saturated rings. The van der Waals surface area contributed by atoms with Crippen molar-refractivity contribution in [3.8, 4) is 0 Å². The number of para-hydroxylation sites is 2. The predicted molar refractivity (Wildman–Crippen MR) is 383 cm³/mol. The lowest BCUT2D eigenvalue weighted by molar-refractivity contribution is -0.123. The number of hydrogen-bond acceptors (Lipinski definition) is 22. The Morgan fingerprint density at radius 2 is 0.980 bits per heavy atom. The molecule has 0 saturated carbocycles. The van der Waals surface area contributed by atoms with Gasteiger partial charge in [-0.15, -0.1) is 10.2 Å². The molecule has 33 heteroatoms. The summed E-state index contributed by atoms with van der Waals surface area (Å²) in [6.07, 6.45) is 5.77. The highest BCUT2D eigenvalue weighted by atomic mass is 32.2. The summed E-state index contributed by atoms with van der Waals surface area (Å²) < 4.78 is 90.8. The van der Waals surface area contributed by atoms with Crippen LogP contribution in [-0.2, 0) is 71.6 Å². The molecule has 2 amide bonds. The van der Waals surface area contributed by atoms with Gasteiger partial charge in [-0.2, -0.15) is 25.0 Å². The van der Waals surface area contributed by atoms with E-state index in [0.717, 1.165) is 156 Å². The minimum absolute atomic E-state index is 0.0377. The molecule has 4 aromatic heterocycles. The Kier molecular flexibility index (Phi) is 23.7. The minimum atomic E-state index is -3.89. The Hall–Kier alpha value is -10.0. The van der Waals surface area contributed by atoms with Crippen molar-refractivity contribution in [2.24, 2.45) is 0 Å². The number of fused-ring (bicyclic) bond motifs is 5. The Morgan fingerprint density at radius 3 is 1.47 bits per heavy atom. The van der Waals surface area contributed by atoms with Crippen LogP contribution in [0.4, 0.5) is 34.4 Å². The quantitative estimate of drug-likeness (QED) is 0.111. The highest BCUT2D eigenvalue weighted by Crippen LogP contribution is 2.37. The lowest BCUT2D eigenvalue weighted by Crippen LogP contribution is -2.44. The number of carbonyl (C=O) groups is 5. The molecule has 4 saturated heterocycles. The summed E-state index contributed by atoms with van der Waals surface area (Å²) >= 11 is 0. The number of nitrogens with one attached hydrogen (secondary N) is 2. The standard InChI is InChI=1S/C22H25N5O3S.C22H27N5O3S.C21H23N5O3S.3CH2O2/c1-16(28)26-10-9-17-15-18(7-8-20(17)26)31(29,30)27-21-6-4-3-5-19(21)22(23-27)25-13-11-24(2)12-14-25;1-30-18-7-11-26(15-18)17-4-2-5-19(14-17)31(28,29)27-16-21(25-12-9-23-10-13-25)20-6-3-8-24-22(20)27;1-15(27)25-11-8-16-14-17(6-7-19(16)25)30(28,29)26-20-5-3-2-4-18(20)21(23-26)24-12-9-22-10-13-24;3*2-1-3/h3-8,15H,9-14H2,1-2H3;2-6,8,14,16,18,23H,7,9-13,15H2,1H3;2-7,14,22H,8-13H2,1H3;3*1H,(H,2,3). The van der Waals surface area contributed by atoms with Crippen LogP contribution in [-0.4, -0.2) is 229 Å². The topological polar surface area (TPSA) is 358 Å². The third-order valence-electron chi connectivity index (χ3n) is 18.2. The molecule has 5 aromatic carbocycles. The van der Waals surface area contributed by atoms with Gasteiger partial charge in [-0.1, -0.05) is 30.3 Å². The van der Waals surface area contributed by atoms with Crippen LogP contribution in [0.25, 0.3) is 32.8 Å². The zero-order valence-electron chi connectivity index (χ0n) is 56.2. The van der Waals surface area contributed by atoms with E-state index in [0.29, 0.717) is 54.2 Å². The summed E-state index contributed by atoms with van der Waals surface area (Å²) in [4.78, 5) is 68.0. The monoisotopic (exact) mass is 1440 g/mol. The number of benzene rings is 5. The molecule has 0 bridgehead atoms. The molecule has 1 atom stereocenters. The number of nitrogens with zero attached hydrogens (tertiary/aromatic N) is 13. The van der Waals surface area contributed by atoms with E-state index in [1.54, 1.807) is 96.0 Å². The first-order valence-corrected chi connectivity index (χ1v) is 36.9. The summed E-state index contributed by atoms with van der Waals surface area (Å²) in [5.74, 6) is 1.32. The van der Waals surface area contributed by atoms with Crippen molar-refractivity contribution >= 4 is 129 Å². The average Bonchev–Trinajstić information content (AvgIpc) is 1.70. The molecule has 0 aliphatic carbocycles.